The number of aromatic nitrogens is 2. The molecular formula is C4BrCl3N2. The third-order valence-corrected chi connectivity index (χ3v) is 2.67. The summed E-state index contributed by atoms with van der Waals surface area (Å²) >= 11 is 19.6. The highest BCUT2D eigenvalue weighted by molar-refractivity contribution is 9.10. The summed E-state index contributed by atoms with van der Waals surface area (Å²) in [5.41, 5.74) is 0. The first-order chi connectivity index (χ1) is 4.61. The Kier molecular flexibility index (Phi) is 2.74. The molecule has 0 aromatic carbocycles. The smallest absolute Gasteiger partial charge is 0.205 e. The minimum absolute atomic E-state index is 0.0400. The molecule has 0 unspecified atom stereocenters. The molecule has 1 aromatic rings. The van der Waals surface area contributed by atoms with Gasteiger partial charge in [0.1, 0.15) is 10.3 Å². The van der Waals surface area contributed by atoms with Crippen LogP contribution in [-0.2, 0) is 0 Å². The molecule has 0 spiro atoms. The monoisotopic (exact) mass is 260 g/mol. The lowest BCUT2D eigenvalue weighted by Gasteiger charge is -1.95. The van der Waals surface area contributed by atoms with E-state index >= 15 is 0 Å². The lowest BCUT2D eigenvalue weighted by Crippen LogP contribution is -1.85. The zero-order valence-electron chi connectivity index (χ0n) is 4.41. The summed E-state index contributed by atoms with van der Waals surface area (Å²) in [6.07, 6.45) is 0. The molecule has 0 amide bonds. The van der Waals surface area contributed by atoms with Gasteiger partial charge >= 0.3 is 0 Å². The van der Waals surface area contributed by atoms with Crippen molar-refractivity contribution in [3.05, 3.63) is 20.1 Å². The van der Waals surface area contributed by atoms with Gasteiger partial charge < -0.3 is 0 Å². The predicted octanol–water partition coefficient (Wildman–Crippen LogP) is 3.20. The second-order valence-electron chi connectivity index (χ2n) is 1.39. The lowest BCUT2D eigenvalue weighted by molar-refractivity contribution is 1.15. The van der Waals surface area contributed by atoms with E-state index in [4.69, 9.17) is 34.8 Å². The van der Waals surface area contributed by atoms with Gasteiger partial charge in [-0.3, -0.25) is 0 Å². The van der Waals surface area contributed by atoms with Crippen molar-refractivity contribution in [3.8, 4) is 0 Å². The molecular weight excluding hydrogens is 262 g/mol. The van der Waals surface area contributed by atoms with Gasteiger partial charge in [0.05, 0.1) is 4.47 Å². The van der Waals surface area contributed by atoms with Crippen LogP contribution >= 0.6 is 50.7 Å². The summed E-state index contributed by atoms with van der Waals surface area (Å²) in [6.45, 7) is 0. The van der Waals surface area contributed by atoms with E-state index in [9.17, 15) is 0 Å². The van der Waals surface area contributed by atoms with Crippen LogP contribution in [0.25, 0.3) is 0 Å². The number of hydrogen-bond acceptors (Lipinski definition) is 2. The highest BCUT2D eigenvalue weighted by atomic mass is 79.9. The summed E-state index contributed by atoms with van der Waals surface area (Å²) < 4.78 is 0.459. The Morgan fingerprint density at radius 2 is 1.40 bits per heavy atom. The fraction of sp³-hybridized carbons (Fsp3) is 0. The predicted molar refractivity (Wildman–Crippen MR) is 44.8 cm³/mol. The molecule has 0 aliphatic heterocycles. The molecule has 0 aliphatic rings. The maximum atomic E-state index is 5.55. The van der Waals surface area contributed by atoms with Crippen LogP contribution in [0.5, 0.6) is 0 Å². The van der Waals surface area contributed by atoms with Crippen molar-refractivity contribution >= 4 is 50.7 Å². The van der Waals surface area contributed by atoms with Crippen molar-refractivity contribution in [1.82, 2.24) is 9.97 Å². The molecule has 0 N–H and O–H groups in total. The van der Waals surface area contributed by atoms with Crippen LogP contribution in [-0.4, -0.2) is 9.97 Å². The molecule has 0 saturated carbocycles. The van der Waals surface area contributed by atoms with Gasteiger partial charge in [-0.1, -0.05) is 23.2 Å². The molecule has 2 nitrogen and oxygen atoms in total. The summed E-state index contributed by atoms with van der Waals surface area (Å²) in [5, 5.41) is 0.466. The SMILES string of the molecule is Clc1nc(Cl)c(Br)c(Cl)n1. The molecule has 0 saturated heterocycles. The maximum Gasteiger partial charge on any atom is 0.225 e. The zero-order chi connectivity index (χ0) is 7.72. The summed E-state index contributed by atoms with van der Waals surface area (Å²) in [7, 11) is 0. The quantitative estimate of drug-likeness (QED) is 0.530. The largest absolute Gasteiger partial charge is 0.225 e. The van der Waals surface area contributed by atoms with Crippen LogP contribution in [0, 0.1) is 0 Å². The molecule has 0 bridgehead atoms. The molecule has 0 atom stereocenters. The van der Waals surface area contributed by atoms with Crippen molar-refractivity contribution in [2.75, 3.05) is 0 Å². The molecule has 0 fully saturated rings. The van der Waals surface area contributed by atoms with Gasteiger partial charge in [0.25, 0.3) is 0 Å². The van der Waals surface area contributed by atoms with Crippen LogP contribution in [0.15, 0.2) is 4.47 Å². The minimum Gasteiger partial charge on any atom is -0.205 e. The number of halogens is 4. The Morgan fingerprint density at radius 1 is 1.00 bits per heavy atom. The average molecular weight is 262 g/mol. The van der Waals surface area contributed by atoms with E-state index < -0.39 is 0 Å². The van der Waals surface area contributed by atoms with E-state index in [0.717, 1.165) is 0 Å². The maximum absolute atomic E-state index is 5.55. The average Bonchev–Trinajstić information content (AvgIpc) is 1.82. The number of rotatable bonds is 0. The van der Waals surface area contributed by atoms with Crippen molar-refractivity contribution in [2.45, 2.75) is 0 Å². The van der Waals surface area contributed by atoms with E-state index in [1.165, 1.54) is 0 Å². The Hall–Kier alpha value is 0.430. The summed E-state index contributed by atoms with van der Waals surface area (Å²) in [4.78, 5) is 7.24. The molecule has 1 aromatic heterocycles. The molecule has 54 valence electrons. The van der Waals surface area contributed by atoms with Gasteiger partial charge in [0.15, 0.2) is 0 Å². The first-order valence-electron chi connectivity index (χ1n) is 2.15. The van der Waals surface area contributed by atoms with Crippen molar-refractivity contribution < 1.29 is 0 Å². The Labute approximate surface area is 80.6 Å². The lowest BCUT2D eigenvalue weighted by atomic mass is 10.7. The molecule has 1 heterocycles. The molecule has 1 rings (SSSR count). The third kappa shape index (κ3) is 1.72. The topological polar surface area (TPSA) is 25.8 Å². The van der Waals surface area contributed by atoms with Crippen LogP contribution < -0.4 is 0 Å². The minimum atomic E-state index is 0.0400. The summed E-state index contributed by atoms with van der Waals surface area (Å²) in [5.74, 6) is 0. The van der Waals surface area contributed by atoms with Crippen molar-refractivity contribution in [2.24, 2.45) is 0 Å². The second-order valence-corrected chi connectivity index (χ2v) is 3.24. The van der Waals surface area contributed by atoms with E-state index in [1.54, 1.807) is 0 Å². The van der Waals surface area contributed by atoms with Crippen LogP contribution in [0.2, 0.25) is 15.6 Å². The van der Waals surface area contributed by atoms with E-state index in [2.05, 4.69) is 25.9 Å². The van der Waals surface area contributed by atoms with Gasteiger partial charge in [-0.05, 0) is 27.5 Å². The fourth-order valence-electron chi connectivity index (χ4n) is 0.370. The third-order valence-electron chi connectivity index (χ3n) is 0.743. The van der Waals surface area contributed by atoms with Gasteiger partial charge in [0, 0.05) is 0 Å². The number of nitrogens with zero attached hydrogens (tertiary/aromatic N) is 2. The molecule has 0 radical (unpaired) electrons. The standard InChI is InChI=1S/C4BrCl3N2/c5-1-2(6)9-4(8)10-3(1)7. The normalized spacial score (nSPS) is 10.0. The first-order valence-corrected chi connectivity index (χ1v) is 4.08. The van der Waals surface area contributed by atoms with Crippen LogP contribution in [0.4, 0.5) is 0 Å². The summed E-state index contributed by atoms with van der Waals surface area (Å²) in [6, 6.07) is 0. The molecule has 0 aliphatic carbocycles. The van der Waals surface area contributed by atoms with E-state index in [-0.39, 0.29) is 15.6 Å². The van der Waals surface area contributed by atoms with Crippen LogP contribution in [0.3, 0.4) is 0 Å². The van der Waals surface area contributed by atoms with Gasteiger partial charge in [0.2, 0.25) is 5.28 Å². The Morgan fingerprint density at radius 3 is 1.80 bits per heavy atom. The Balaban J connectivity index is 3.31. The van der Waals surface area contributed by atoms with Gasteiger partial charge in [-0.15, -0.1) is 0 Å². The van der Waals surface area contributed by atoms with Crippen LogP contribution in [0.1, 0.15) is 0 Å². The fourth-order valence-corrected chi connectivity index (χ4v) is 1.19. The Bertz CT molecular complexity index is 242. The van der Waals surface area contributed by atoms with Gasteiger partial charge in [-0.2, -0.15) is 0 Å². The molecule has 6 heteroatoms. The van der Waals surface area contributed by atoms with E-state index in [0.29, 0.717) is 4.47 Å². The zero-order valence-corrected chi connectivity index (χ0v) is 8.26. The second kappa shape index (κ2) is 3.22. The number of hydrogen-bond donors (Lipinski definition) is 0. The van der Waals surface area contributed by atoms with Gasteiger partial charge in [-0.25, -0.2) is 9.97 Å². The molecule has 10 heavy (non-hydrogen) atoms. The van der Waals surface area contributed by atoms with Crippen molar-refractivity contribution in [3.63, 3.8) is 0 Å². The first kappa shape index (κ1) is 8.53. The van der Waals surface area contributed by atoms with Crippen molar-refractivity contribution in [1.29, 1.82) is 0 Å². The highest BCUT2D eigenvalue weighted by Gasteiger charge is 2.06. The van der Waals surface area contributed by atoms with E-state index in [1.807, 2.05) is 0 Å². The highest BCUT2D eigenvalue weighted by Crippen LogP contribution is 2.27.